The molecule has 0 radical (unpaired) electrons. The van der Waals surface area contributed by atoms with E-state index in [2.05, 4.69) is 9.98 Å². The van der Waals surface area contributed by atoms with Crippen LogP contribution in [0.25, 0.3) is 0 Å². The molecule has 0 aliphatic rings. The SMILES string of the molecule is COc1ccc(CN=Cc2ccccc2[O-])cc1.COc1ccc(CN=Cc2ccccc2[O-])cc1.[Ni+2]. The van der Waals surface area contributed by atoms with Gasteiger partial charge in [0.15, 0.2) is 0 Å². The molecule has 6 nitrogen and oxygen atoms in total. The van der Waals surface area contributed by atoms with E-state index in [1.807, 2.05) is 60.7 Å². The minimum absolute atomic E-state index is 0. The van der Waals surface area contributed by atoms with Crippen LogP contribution in [0, 0.1) is 0 Å². The Bertz CT molecular complexity index is 1170. The van der Waals surface area contributed by atoms with E-state index in [4.69, 9.17) is 9.47 Å². The van der Waals surface area contributed by atoms with Gasteiger partial charge < -0.3 is 19.7 Å². The molecule has 0 heterocycles. The summed E-state index contributed by atoms with van der Waals surface area (Å²) in [6.45, 7) is 1.11. The number of rotatable bonds is 8. The van der Waals surface area contributed by atoms with Crippen LogP contribution >= 0.6 is 0 Å². The topological polar surface area (TPSA) is 89.3 Å². The molecule has 0 atom stereocenters. The number of ether oxygens (including phenoxy) is 2. The van der Waals surface area contributed by atoms with E-state index in [-0.39, 0.29) is 28.0 Å². The molecule has 0 N–H and O–H groups in total. The van der Waals surface area contributed by atoms with E-state index in [9.17, 15) is 10.2 Å². The van der Waals surface area contributed by atoms with Crippen molar-refractivity contribution in [2.24, 2.45) is 9.98 Å². The minimum atomic E-state index is -0.00372. The van der Waals surface area contributed by atoms with Crippen molar-refractivity contribution in [3.63, 3.8) is 0 Å². The quantitative estimate of drug-likeness (QED) is 0.238. The normalized spacial score (nSPS) is 10.4. The number of methoxy groups -OCH3 is 2. The van der Waals surface area contributed by atoms with Crippen molar-refractivity contribution in [2.75, 3.05) is 14.2 Å². The van der Waals surface area contributed by atoms with Crippen molar-refractivity contribution < 1.29 is 36.2 Å². The number of aliphatic imine (C=N–C) groups is 2. The fourth-order valence-corrected chi connectivity index (χ4v) is 3.14. The molecular formula is C30H28N2NiO4. The third-order valence-corrected chi connectivity index (χ3v) is 5.16. The van der Waals surface area contributed by atoms with Crippen LogP contribution < -0.4 is 19.7 Å². The number of benzene rings is 4. The third-order valence-electron chi connectivity index (χ3n) is 5.16. The molecule has 37 heavy (non-hydrogen) atoms. The van der Waals surface area contributed by atoms with Gasteiger partial charge in [0.1, 0.15) is 11.5 Å². The monoisotopic (exact) mass is 538 g/mol. The molecule has 0 aromatic heterocycles. The maximum absolute atomic E-state index is 11.4. The Morgan fingerprint density at radius 2 is 0.919 bits per heavy atom. The first-order chi connectivity index (χ1) is 17.6. The van der Waals surface area contributed by atoms with Crippen LogP contribution in [0.2, 0.25) is 0 Å². The predicted octanol–water partition coefficient (Wildman–Crippen LogP) is 4.77. The summed E-state index contributed by atoms with van der Waals surface area (Å²) in [6.07, 6.45) is 3.24. The summed E-state index contributed by atoms with van der Waals surface area (Å²) >= 11 is 0. The second kappa shape index (κ2) is 15.8. The van der Waals surface area contributed by atoms with Gasteiger partial charge in [-0.3, -0.25) is 9.98 Å². The maximum atomic E-state index is 11.4. The average Bonchev–Trinajstić information content (AvgIpc) is 2.92. The number of nitrogens with zero attached hydrogens (tertiary/aromatic N) is 2. The second-order valence-electron chi connectivity index (χ2n) is 7.71. The van der Waals surface area contributed by atoms with Crippen LogP contribution in [0.3, 0.4) is 0 Å². The Morgan fingerprint density at radius 1 is 0.568 bits per heavy atom. The summed E-state index contributed by atoms with van der Waals surface area (Å²) in [6, 6.07) is 29.1. The summed E-state index contributed by atoms with van der Waals surface area (Å²) in [5, 5.41) is 22.9. The van der Waals surface area contributed by atoms with Crippen LogP contribution in [0.1, 0.15) is 22.3 Å². The number of hydrogen-bond acceptors (Lipinski definition) is 6. The zero-order chi connectivity index (χ0) is 25.6. The first kappa shape index (κ1) is 29.1. The Balaban J connectivity index is 0.000000253. The van der Waals surface area contributed by atoms with E-state index in [1.165, 1.54) is 12.1 Å². The van der Waals surface area contributed by atoms with Crippen molar-refractivity contribution in [3.8, 4) is 23.0 Å². The van der Waals surface area contributed by atoms with Gasteiger partial charge in [-0.25, -0.2) is 0 Å². The van der Waals surface area contributed by atoms with E-state index >= 15 is 0 Å². The van der Waals surface area contributed by atoms with Gasteiger partial charge in [-0.2, -0.15) is 0 Å². The molecule has 0 bridgehead atoms. The zero-order valence-electron chi connectivity index (χ0n) is 20.7. The Labute approximate surface area is 227 Å². The van der Waals surface area contributed by atoms with Crippen molar-refractivity contribution in [3.05, 3.63) is 119 Å². The van der Waals surface area contributed by atoms with Crippen LogP contribution in [-0.2, 0) is 29.6 Å². The van der Waals surface area contributed by atoms with Gasteiger partial charge in [-0.15, -0.1) is 11.5 Å². The van der Waals surface area contributed by atoms with E-state index in [1.54, 1.807) is 50.9 Å². The fourth-order valence-electron chi connectivity index (χ4n) is 3.14. The molecule has 0 aliphatic heterocycles. The Hall–Kier alpha value is -4.09. The van der Waals surface area contributed by atoms with Gasteiger partial charge >= 0.3 is 16.5 Å². The Kier molecular flexibility index (Phi) is 12.5. The molecule has 4 rings (SSSR count). The van der Waals surface area contributed by atoms with Gasteiger partial charge in [-0.1, -0.05) is 72.8 Å². The van der Waals surface area contributed by atoms with Crippen LogP contribution in [0.15, 0.2) is 107 Å². The van der Waals surface area contributed by atoms with Crippen molar-refractivity contribution >= 4 is 12.4 Å². The van der Waals surface area contributed by atoms with E-state index in [0.717, 1.165) is 22.6 Å². The summed E-state index contributed by atoms with van der Waals surface area (Å²) in [7, 11) is 3.27. The van der Waals surface area contributed by atoms with Crippen molar-refractivity contribution in [2.45, 2.75) is 13.1 Å². The van der Waals surface area contributed by atoms with Gasteiger partial charge in [0, 0.05) is 12.4 Å². The van der Waals surface area contributed by atoms with E-state index in [0.29, 0.717) is 24.2 Å². The van der Waals surface area contributed by atoms with Crippen molar-refractivity contribution in [1.29, 1.82) is 0 Å². The van der Waals surface area contributed by atoms with Crippen molar-refractivity contribution in [1.82, 2.24) is 0 Å². The molecule has 0 spiro atoms. The molecule has 0 aliphatic carbocycles. The smallest absolute Gasteiger partial charge is 0.872 e. The maximum Gasteiger partial charge on any atom is 2.00 e. The third kappa shape index (κ3) is 9.82. The summed E-state index contributed by atoms with van der Waals surface area (Å²) in [5.74, 6) is 1.65. The average molecular weight is 539 g/mol. The molecule has 0 unspecified atom stereocenters. The van der Waals surface area contributed by atoms with Crippen LogP contribution in [0.4, 0.5) is 0 Å². The zero-order valence-corrected chi connectivity index (χ0v) is 21.6. The summed E-state index contributed by atoms with van der Waals surface area (Å²) < 4.78 is 10.2. The molecule has 0 amide bonds. The standard InChI is InChI=1S/2C15H15NO2.Ni/c2*1-18-14-8-6-12(7-9-14)10-16-11-13-4-2-3-5-15(13)17;/h2*2-9,11,17H,10H2,1H3;/q;;+2/p-2. The summed E-state index contributed by atoms with van der Waals surface area (Å²) in [4.78, 5) is 8.52. The van der Waals surface area contributed by atoms with E-state index < -0.39 is 0 Å². The molecule has 4 aromatic rings. The summed E-state index contributed by atoms with van der Waals surface area (Å²) in [5.41, 5.74) is 3.39. The van der Waals surface area contributed by atoms with Gasteiger partial charge in [0.05, 0.1) is 27.3 Å². The van der Waals surface area contributed by atoms with Gasteiger partial charge in [0.2, 0.25) is 0 Å². The molecule has 4 aromatic carbocycles. The molecular weight excluding hydrogens is 511 g/mol. The molecule has 192 valence electrons. The molecule has 7 heteroatoms. The van der Waals surface area contributed by atoms with Gasteiger partial charge in [0.25, 0.3) is 0 Å². The largest absolute Gasteiger partial charge is 2.00 e. The molecule has 0 saturated carbocycles. The van der Waals surface area contributed by atoms with Gasteiger partial charge in [-0.05, 0) is 46.5 Å². The first-order valence-corrected chi connectivity index (χ1v) is 11.4. The first-order valence-electron chi connectivity index (χ1n) is 11.4. The number of para-hydroxylation sites is 2. The number of hydrogen-bond donors (Lipinski definition) is 0. The van der Waals surface area contributed by atoms with Crippen LogP contribution in [-0.4, -0.2) is 26.6 Å². The second-order valence-corrected chi connectivity index (χ2v) is 7.71. The predicted molar refractivity (Wildman–Crippen MR) is 140 cm³/mol. The molecule has 0 fully saturated rings. The minimum Gasteiger partial charge on any atom is -0.872 e. The molecule has 0 saturated heterocycles. The fraction of sp³-hybridized carbons (Fsp3) is 0.133. The Morgan fingerprint density at radius 3 is 1.24 bits per heavy atom. The van der Waals surface area contributed by atoms with Crippen LogP contribution in [0.5, 0.6) is 23.0 Å².